The molecule has 0 aliphatic carbocycles. The fourth-order valence-corrected chi connectivity index (χ4v) is 3.70. The van der Waals surface area contributed by atoms with Crippen LogP contribution in [0, 0.1) is 11.8 Å². The van der Waals surface area contributed by atoms with Crippen molar-refractivity contribution in [3.05, 3.63) is 54.0 Å². The number of fused-ring (bicyclic) bond motifs is 1. The molecule has 4 N–H and O–H groups in total. The van der Waals surface area contributed by atoms with E-state index in [0.29, 0.717) is 16.6 Å². The molecule has 1 aliphatic rings. The van der Waals surface area contributed by atoms with Gasteiger partial charge in [-0.1, -0.05) is 30.0 Å². The third kappa shape index (κ3) is 3.01. The molecule has 0 amide bonds. The topological polar surface area (TPSA) is 106 Å². The number of rotatable bonds is 2. The van der Waals surface area contributed by atoms with E-state index in [1.54, 1.807) is 17.7 Å². The van der Waals surface area contributed by atoms with Crippen LogP contribution in [0.4, 0.5) is 5.82 Å². The molecule has 4 rings (SSSR count). The van der Waals surface area contributed by atoms with Crippen LogP contribution in [-0.2, 0) is 4.74 Å². The lowest BCUT2D eigenvalue weighted by molar-refractivity contribution is -0.0439. The summed E-state index contributed by atoms with van der Waals surface area (Å²) >= 11 is 6.60. The number of alkyl halides is 1. The second-order valence-electron chi connectivity index (χ2n) is 6.83. The molecular weight excluding hydrogens is 380 g/mol. The average molecular weight is 399 g/mol. The zero-order valence-electron chi connectivity index (χ0n) is 15.1. The third-order valence-corrected chi connectivity index (χ3v) is 5.31. The van der Waals surface area contributed by atoms with Gasteiger partial charge in [-0.25, -0.2) is 9.97 Å². The van der Waals surface area contributed by atoms with Crippen LogP contribution in [0.25, 0.3) is 11.0 Å². The Morgan fingerprint density at radius 1 is 1.29 bits per heavy atom. The Morgan fingerprint density at radius 2 is 2.04 bits per heavy atom. The highest BCUT2D eigenvalue weighted by Gasteiger charge is 2.53. The van der Waals surface area contributed by atoms with Crippen molar-refractivity contribution in [3.63, 3.8) is 0 Å². The Labute approximate surface area is 166 Å². The number of halogens is 1. The van der Waals surface area contributed by atoms with Crippen LogP contribution < -0.4 is 5.73 Å². The van der Waals surface area contributed by atoms with E-state index in [-0.39, 0.29) is 12.4 Å². The molecule has 28 heavy (non-hydrogen) atoms. The molecule has 7 nitrogen and oxygen atoms in total. The first-order chi connectivity index (χ1) is 13.4. The summed E-state index contributed by atoms with van der Waals surface area (Å²) in [5.41, 5.74) is 8.06. The lowest BCUT2D eigenvalue weighted by Gasteiger charge is -2.26. The molecule has 0 bridgehead atoms. The van der Waals surface area contributed by atoms with Crippen molar-refractivity contribution in [1.82, 2.24) is 14.5 Å². The summed E-state index contributed by atoms with van der Waals surface area (Å²) in [6.45, 7) is 1.31. The molecule has 0 radical (unpaired) electrons. The molecule has 1 aliphatic heterocycles. The zero-order chi connectivity index (χ0) is 19.9. The normalized spacial score (nSPS) is 26.9. The van der Waals surface area contributed by atoms with E-state index in [0.717, 1.165) is 5.56 Å². The first kappa shape index (κ1) is 18.7. The highest BCUT2D eigenvalue weighted by molar-refractivity contribution is 6.24. The molecule has 144 valence electrons. The van der Waals surface area contributed by atoms with Crippen molar-refractivity contribution in [2.75, 3.05) is 12.3 Å². The van der Waals surface area contributed by atoms with Crippen molar-refractivity contribution in [1.29, 1.82) is 0 Å². The monoisotopic (exact) mass is 398 g/mol. The van der Waals surface area contributed by atoms with Gasteiger partial charge in [0.1, 0.15) is 34.9 Å². The standard InChI is InChI=1S/C20H19ClN4O3/c1-20(21)16(27)14(10-26)28-19(20)25-9-13(8-7-12-5-3-2-4-6-12)15-17(22)23-11-24-18(15)25/h2-6,9,11,14,16,19,26-27H,10H2,1H3,(H2,22,23,24)/t14?,16?,19-,20-/m1/s1. The first-order valence-corrected chi connectivity index (χ1v) is 9.12. The minimum atomic E-state index is -1.18. The van der Waals surface area contributed by atoms with Gasteiger partial charge in [0.05, 0.1) is 17.6 Å². The summed E-state index contributed by atoms with van der Waals surface area (Å²) in [5.74, 6) is 6.49. The second kappa shape index (κ2) is 7.08. The molecule has 4 atom stereocenters. The predicted molar refractivity (Wildman–Crippen MR) is 106 cm³/mol. The van der Waals surface area contributed by atoms with Crippen LogP contribution >= 0.6 is 11.6 Å². The van der Waals surface area contributed by atoms with E-state index in [2.05, 4.69) is 21.8 Å². The van der Waals surface area contributed by atoms with Gasteiger partial charge in [-0.15, -0.1) is 11.6 Å². The van der Waals surface area contributed by atoms with Crippen LogP contribution in [0.5, 0.6) is 0 Å². The number of nitrogens with zero attached hydrogens (tertiary/aromatic N) is 3. The summed E-state index contributed by atoms with van der Waals surface area (Å²) < 4.78 is 7.52. The maximum atomic E-state index is 10.4. The van der Waals surface area contributed by atoms with Gasteiger partial charge in [0.25, 0.3) is 0 Å². The quantitative estimate of drug-likeness (QED) is 0.447. The van der Waals surface area contributed by atoms with Crippen molar-refractivity contribution in [3.8, 4) is 11.8 Å². The molecule has 0 saturated carbocycles. The molecule has 8 heteroatoms. The Bertz CT molecular complexity index is 1070. The SMILES string of the molecule is C[C@@]1(Cl)C(O)C(CO)O[C@H]1n1cc(C#Cc2ccccc2)c2c(N)ncnc21. The third-order valence-electron chi connectivity index (χ3n) is 4.90. The minimum Gasteiger partial charge on any atom is -0.394 e. The van der Waals surface area contributed by atoms with Gasteiger partial charge in [0, 0.05) is 11.8 Å². The number of benzene rings is 1. The fraction of sp³-hybridized carbons (Fsp3) is 0.300. The van der Waals surface area contributed by atoms with Gasteiger partial charge in [0.2, 0.25) is 0 Å². The molecule has 1 fully saturated rings. The Morgan fingerprint density at radius 3 is 2.71 bits per heavy atom. The van der Waals surface area contributed by atoms with Gasteiger partial charge in [-0.2, -0.15) is 0 Å². The largest absolute Gasteiger partial charge is 0.394 e. The number of ether oxygens (including phenoxy) is 1. The van der Waals surface area contributed by atoms with Crippen molar-refractivity contribution >= 4 is 28.5 Å². The molecule has 2 aromatic heterocycles. The van der Waals surface area contributed by atoms with Crippen LogP contribution in [0.2, 0.25) is 0 Å². The van der Waals surface area contributed by atoms with E-state index in [1.165, 1.54) is 6.33 Å². The van der Waals surface area contributed by atoms with Gasteiger partial charge in [-0.3, -0.25) is 0 Å². The summed E-state index contributed by atoms with van der Waals surface area (Å²) in [7, 11) is 0. The molecule has 3 heterocycles. The Kier molecular flexibility index (Phi) is 4.73. The van der Waals surface area contributed by atoms with Gasteiger partial charge in [0.15, 0.2) is 6.23 Å². The Balaban J connectivity index is 1.85. The molecule has 1 saturated heterocycles. The highest BCUT2D eigenvalue weighted by atomic mass is 35.5. The predicted octanol–water partition coefficient (Wildman–Crippen LogP) is 1.66. The number of aliphatic hydroxyl groups excluding tert-OH is 2. The van der Waals surface area contributed by atoms with E-state index in [4.69, 9.17) is 22.1 Å². The summed E-state index contributed by atoms with van der Waals surface area (Å²) in [5, 5.41) is 20.5. The molecule has 0 spiro atoms. The molecule has 2 unspecified atom stereocenters. The van der Waals surface area contributed by atoms with E-state index in [9.17, 15) is 10.2 Å². The summed E-state index contributed by atoms with van der Waals surface area (Å²) in [6.07, 6.45) is 0.458. The fourth-order valence-electron chi connectivity index (χ4n) is 3.41. The van der Waals surface area contributed by atoms with Gasteiger partial charge < -0.3 is 25.3 Å². The second-order valence-corrected chi connectivity index (χ2v) is 7.64. The van der Waals surface area contributed by atoms with Crippen molar-refractivity contribution in [2.24, 2.45) is 0 Å². The van der Waals surface area contributed by atoms with E-state index < -0.39 is 23.3 Å². The zero-order valence-corrected chi connectivity index (χ0v) is 15.8. The van der Waals surface area contributed by atoms with Crippen molar-refractivity contribution < 1.29 is 14.9 Å². The molecular formula is C20H19ClN4O3. The lowest BCUT2D eigenvalue weighted by atomic mass is 10.0. The van der Waals surface area contributed by atoms with Crippen LogP contribution in [0.1, 0.15) is 24.3 Å². The maximum Gasteiger partial charge on any atom is 0.157 e. The number of nitrogens with two attached hydrogens (primary N) is 1. The van der Waals surface area contributed by atoms with Gasteiger partial charge in [-0.05, 0) is 19.1 Å². The van der Waals surface area contributed by atoms with E-state index >= 15 is 0 Å². The number of anilines is 1. The number of nitrogen functional groups attached to an aromatic ring is 1. The number of aliphatic hydroxyl groups is 2. The number of aromatic nitrogens is 3. The number of hydrogen-bond acceptors (Lipinski definition) is 6. The van der Waals surface area contributed by atoms with Gasteiger partial charge >= 0.3 is 0 Å². The summed E-state index contributed by atoms with van der Waals surface area (Å²) in [6, 6.07) is 9.55. The van der Waals surface area contributed by atoms with Crippen LogP contribution in [-0.4, -0.2) is 48.4 Å². The maximum absolute atomic E-state index is 10.4. The van der Waals surface area contributed by atoms with Crippen LogP contribution in [0.15, 0.2) is 42.9 Å². The lowest BCUT2D eigenvalue weighted by Crippen LogP contribution is -2.39. The molecule has 3 aromatic rings. The van der Waals surface area contributed by atoms with Crippen molar-refractivity contribution in [2.45, 2.75) is 30.2 Å². The first-order valence-electron chi connectivity index (χ1n) is 8.75. The summed E-state index contributed by atoms with van der Waals surface area (Å²) in [4.78, 5) is 7.22. The smallest absolute Gasteiger partial charge is 0.157 e. The minimum absolute atomic E-state index is 0.287. The highest BCUT2D eigenvalue weighted by Crippen LogP contribution is 2.44. The molecule has 1 aromatic carbocycles. The van der Waals surface area contributed by atoms with E-state index in [1.807, 2.05) is 30.3 Å². The Hall–Kier alpha value is -2.63. The van der Waals surface area contributed by atoms with Crippen LogP contribution in [0.3, 0.4) is 0 Å². The number of hydrogen-bond donors (Lipinski definition) is 3. The average Bonchev–Trinajstić information content (AvgIpc) is 3.17.